The molecule has 0 radical (unpaired) electrons. The second-order valence-electron chi connectivity index (χ2n) is 5.31. The van der Waals surface area contributed by atoms with Crippen LogP contribution in [-0.2, 0) is 11.4 Å². The number of nitrogens with zero attached hydrogens (tertiary/aromatic N) is 3. The van der Waals surface area contributed by atoms with E-state index < -0.39 is 11.6 Å². The average Bonchev–Trinajstić information content (AvgIpc) is 3.20. The first kappa shape index (κ1) is 15.2. The van der Waals surface area contributed by atoms with Crippen LogP contribution in [0.15, 0.2) is 36.0 Å². The van der Waals surface area contributed by atoms with Crippen molar-refractivity contribution in [2.75, 3.05) is 7.11 Å². The molecular weight excluding hydrogens is 300 g/mol. The first-order valence-electron chi connectivity index (χ1n) is 7.24. The minimum absolute atomic E-state index is 0.194. The van der Waals surface area contributed by atoms with E-state index in [4.69, 9.17) is 4.84 Å². The minimum atomic E-state index is -0.692. The van der Waals surface area contributed by atoms with Gasteiger partial charge in [-0.25, -0.2) is 13.8 Å². The maximum absolute atomic E-state index is 14.2. The highest BCUT2D eigenvalue weighted by Crippen LogP contribution is 2.28. The summed E-state index contributed by atoms with van der Waals surface area (Å²) < 4.78 is 30.1. The molecule has 0 spiro atoms. The van der Waals surface area contributed by atoms with Gasteiger partial charge in [0.15, 0.2) is 0 Å². The molecule has 0 bridgehead atoms. The molecule has 1 saturated carbocycles. The summed E-state index contributed by atoms with van der Waals surface area (Å²) in [4.78, 5) is 8.71. The lowest BCUT2D eigenvalue weighted by molar-refractivity contribution is 0.212. The van der Waals surface area contributed by atoms with Gasteiger partial charge in [0, 0.05) is 23.9 Å². The zero-order valence-electron chi connectivity index (χ0n) is 12.6. The van der Waals surface area contributed by atoms with Crippen LogP contribution in [0.1, 0.15) is 24.0 Å². The largest absolute Gasteiger partial charge is 0.399 e. The highest BCUT2D eigenvalue weighted by molar-refractivity contribution is 6.00. The predicted molar refractivity (Wildman–Crippen MR) is 81.7 cm³/mol. The first-order valence-corrected chi connectivity index (χ1v) is 7.24. The second-order valence-corrected chi connectivity index (χ2v) is 5.31. The van der Waals surface area contributed by atoms with Crippen molar-refractivity contribution in [3.8, 4) is 11.8 Å². The molecule has 0 unspecified atom stereocenters. The number of benzene rings is 1. The van der Waals surface area contributed by atoms with Gasteiger partial charge in [0.2, 0.25) is 0 Å². The summed E-state index contributed by atoms with van der Waals surface area (Å²) in [7, 11) is 1.39. The monoisotopic (exact) mass is 315 g/mol. The molecule has 4 nitrogen and oxygen atoms in total. The molecular formula is C17H15F2N3O. The van der Waals surface area contributed by atoms with E-state index in [1.807, 2.05) is 0 Å². The standard InChI is InChI=1S/C17H15F2N3O/c1-23-21-17(10-22-7-6-20-11-22)13-8-15(18)14(16(19)9-13)5-4-12-2-3-12/h6-9,11-12H,2-3,10H2,1H3. The Kier molecular flexibility index (Phi) is 4.38. The van der Waals surface area contributed by atoms with Gasteiger partial charge in [-0.05, 0) is 25.0 Å². The van der Waals surface area contributed by atoms with Crippen molar-refractivity contribution in [2.24, 2.45) is 11.1 Å². The maximum Gasteiger partial charge on any atom is 0.142 e. The topological polar surface area (TPSA) is 39.4 Å². The SMILES string of the molecule is CON=C(Cn1ccnc1)c1cc(F)c(C#CC2CC2)c(F)c1. The zero-order valence-corrected chi connectivity index (χ0v) is 12.6. The van der Waals surface area contributed by atoms with Gasteiger partial charge in [-0.15, -0.1) is 0 Å². The molecule has 1 heterocycles. The number of imidazole rings is 1. The Hall–Kier alpha value is -2.68. The van der Waals surface area contributed by atoms with E-state index in [0.717, 1.165) is 12.8 Å². The molecule has 0 N–H and O–H groups in total. The van der Waals surface area contributed by atoms with Crippen LogP contribution in [0.3, 0.4) is 0 Å². The Bertz CT molecular complexity index is 761. The van der Waals surface area contributed by atoms with E-state index in [1.165, 1.54) is 19.2 Å². The van der Waals surface area contributed by atoms with Crippen LogP contribution in [0.25, 0.3) is 0 Å². The lowest BCUT2D eigenvalue weighted by atomic mass is 10.1. The van der Waals surface area contributed by atoms with E-state index in [1.54, 1.807) is 23.3 Å². The summed E-state index contributed by atoms with van der Waals surface area (Å²) in [6.07, 6.45) is 6.94. The summed E-state index contributed by atoms with van der Waals surface area (Å²) in [6.45, 7) is 0.291. The molecule has 0 amide bonds. The normalized spacial score (nSPS) is 14.3. The van der Waals surface area contributed by atoms with Gasteiger partial charge in [0.25, 0.3) is 0 Å². The van der Waals surface area contributed by atoms with Gasteiger partial charge in [0.05, 0.1) is 18.4 Å². The van der Waals surface area contributed by atoms with E-state index in [-0.39, 0.29) is 11.5 Å². The van der Waals surface area contributed by atoms with Crippen molar-refractivity contribution in [1.82, 2.24) is 9.55 Å². The number of hydrogen-bond acceptors (Lipinski definition) is 3. The van der Waals surface area contributed by atoms with Gasteiger partial charge < -0.3 is 9.40 Å². The molecule has 1 aliphatic carbocycles. The fraction of sp³-hybridized carbons (Fsp3) is 0.294. The number of halogens is 2. The number of hydrogen-bond donors (Lipinski definition) is 0. The van der Waals surface area contributed by atoms with Crippen LogP contribution < -0.4 is 0 Å². The fourth-order valence-corrected chi connectivity index (χ4v) is 2.10. The van der Waals surface area contributed by atoms with Crippen molar-refractivity contribution in [2.45, 2.75) is 19.4 Å². The van der Waals surface area contributed by atoms with E-state index >= 15 is 0 Å². The van der Waals surface area contributed by atoms with E-state index in [9.17, 15) is 8.78 Å². The van der Waals surface area contributed by atoms with Crippen LogP contribution in [-0.4, -0.2) is 22.4 Å². The van der Waals surface area contributed by atoms with Gasteiger partial charge in [-0.2, -0.15) is 0 Å². The van der Waals surface area contributed by atoms with Crippen LogP contribution in [0.2, 0.25) is 0 Å². The van der Waals surface area contributed by atoms with Crippen molar-refractivity contribution < 1.29 is 13.6 Å². The molecule has 23 heavy (non-hydrogen) atoms. The van der Waals surface area contributed by atoms with Gasteiger partial charge in [-0.1, -0.05) is 17.0 Å². The third-order valence-corrected chi connectivity index (χ3v) is 3.45. The fourth-order valence-electron chi connectivity index (χ4n) is 2.10. The van der Waals surface area contributed by atoms with Crippen molar-refractivity contribution in [1.29, 1.82) is 0 Å². The quantitative estimate of drug-likeness (QED) is 0.494. The Labute approximate surface area is 132 Å². The first-order chi connectivity index (χ1) is 11.2. The highest BCUT2D eigenvalue weighted by atomic mass is 19.1. The molecule has 118 valence electrons. The summed E-state index contributed by atoms with van der Waals surface area (Å²) in [5.74, 6) is 4.36. The van der Waals surface area contributed by atoms with Crippen molar-refractivity contribution >= 4 is 5.71 Å². The summed E-state index contributed by atoms with van der Waals surface area (Å²) in [6, 6.07) is 2.46. The molecule has 1 aromatic heterocycles. The van der Waals surface area contributed by atoms with Gasteiger partial charge in [0.1, 0.15) is 24.5 Å². The molecule has 0 saturated heterocycles. The summed E-state index contributed by atoms with van der Waals surface area (Å²) >= 11 is 0. The van der Waals surface area contributed by atoms with Crippen LogP contribution in [0, 0.1) is 29.4 Å². The van der Waals surface area contributed by atoms with Crippen molar-refractivity contribution in [3.63, 3.8) is 0 Å². The maximum atomic E-state index is 14.2. The highest BCUT2D eigenvalue weighted by Gasteiger charge is 2.19. The molecule has 1 aromatic carbocycles. The van der Waals surface area contributed by atoms with Gasteiger partial charge in [-0.3, -0.25) is 0 Å². The molecule has 0 aliphatic heterocycles. The molecule has 1 fully saturated rings. The van der Waals surface area contributed by atoms with Crippen molar-refractivity contribution in [3.05, 3.63) is 53.6 Å². The Balaban J connectivity index is 1.91. The summed E-state index contributed by atoms with van der Waals surface area (Å²) in [5.41, 5.74) is 0.512. The second kappa shape index (κ2) is 6.61. The smallest absolute Gasteiger partial charge is 0.142 e. The molecule has 1 aliphatic rings. The van der Waals surface area contributed by atoms with E-state index in [2.05, 4.69) is 22.0 Å². The Morgan fingerprint density at radius 2 is 2.13 bits per heavy atom. The Morgan fingerprint density at radius 3 is 2.70 bits per heavy atom. The number of oxime groups is 1. The third-order valence-electron chi connectivity index (χ3n) is 3.45. The number of rotatable bonds is 4. The van der Waals surface area contributed by atoms with Gasteiger partial charge >= 0.3 is 0 Å². The average molecular weight is 315 g/mol. The van der Waals surface area contributed by atoms with E-state index in [0.29, 0.717) is 17.8 Å². The molecule has 2 aromatic rings. The molecule has 0 atom stereocenters. The van der Waals surface area contributed by atoms with Crippen LogP contribution in [0.4, 0.5) is 8.78 Å². The molecule has 6 heteroatoms. The minimum Gasteiger partial charge on any atom is -0.399 e. The number of aromatic nitrogens is 2. The zero-order chi connectivity index (χ0) is 16.2. The molecule has 3 rings (SSSR count). The predicted octanol–water partition coefficient (Wildman–Crippen LogP) is 2.97. The van der Waals surface area contributed by atoms with Crippen LogP contribution in [0.5, 0.6) is 0 Å². The Morgan fingerprint density at radius 1 is 1.39 bits per heavy atom. The summed E-state index contributed by atoms with van der Waals surface area (Å²) in [5, 5.41) is 3.86. The van der Waals surface area contributed by atoms with Crippen LogP contribution >= 0.6 is 0 Å². The third kappa shape index (κ3) is 3.75. The lowest BCUT2D eigenvalue weighted by Crippen LogP contribution is -2.12. The lowest BCUT2D eigenvalue weighted by Gasteiger charge is -2.08.